The maximum Gasteiger partial charge on any atom is 0.291 e. The van der Waals surface area contributed by atoms with E-state index in [2.05, 4.69) is 20.2 Å². The number of sulfonamides is 1. The Kier molecular flexibility index (Phi) is 5.85. The maximum absolute atomic E-state index is 12.8. The number of benzene rings is 1. The number of aromatic nitrogens is 2. The number of nitrogens with zero attached hydrogens (tertiary/aromatic N) is 2. The number of carbonyl (C=O) groups is 1. The fourth-order valence-electron chi connectivity index (χ4n) is 1.55. The van der Waals surface area contributed by atoms with Gasteiger partial charge in [-0.2, -0.15) is 0 Å². The highest BCUT2D eigenvalue weighted by atomic mass is 32.2. The van der Waals surface area contributed by atoms with Crippen molar-refractivity contribution in [2.75, 3.05) is 11.9 Å². The SMILES string of the molecule is O=C(CCNS(=O)(=O)c1ccc(F)cc1)Nc1nnc(C(F)F)s1. The minimum atomic E-state index is -3.87. The number of halogens is 3. The average Bonchev–Trinajstić information content (AvgIpc) is 2.96. The first-order valence-corrected chi connectivity index (χ1v) is 8.74. The molecule has 0 fully saturated rings. The first-order valence-electron chi connectivity index (χ1n) is 6.44. The van der Waals surface area contributed by atoms with Gasteiger partial charge in [0.2, 0.25) is 21.1 Å². The molecule has 130 valence electrons. The lowest BCUT2D eigenvalue weighted by Gasteiger charge is -2.06. The molecule has 12 heteroatoms. The molecule has 2 rings (SSSR count). The van der Waals surface area contributed by atoms with Crippen molar-refractivity contribution >= 4 is 32.4 Å². The number of rotatable bonds is 7. The molecule has 0 unspecified atom stereocenters. The van der Waals surface area contributed by atoms with Crippen LogP contribution in [0.15, 0.2) is 29.2 Å². The molecule has 7 nitrogen and oxygen atoms in total. The summed E-state index contributed by atoms with van der Waals surface area (Å²) >= 11 is 0.528. The fourth-order valence-corrected chi connectivity index (χ4v) is 3.20. The maximum atomic E-state index is 12.8. The summed E-state index contributed by atoms with van der Waals surface area (Å²) in [4.78, 5) is 11.5. The highest BCUT2D eigenvalue weighted by Crippen LogP contribution is 2.25. The Hall–Kier alpha value is -2.05. The van der Waals surface area contributed by atoms with Gasteiger partial charge in [0.05, 0.1) is 4.90 Å². The number of hydrogen-bond donors (Lipinski definition) is 2. The molecule has 0 spiro atoms. The summed E-state index contributed by atoms with van der Waals surface area (Å²) in [6, 6.07) is 4.17. The first kappa shape index (κ1) is 18.3. The van der Waals surface area contributed by atoms with E-state index in [-0.39, 0.29) is 23.0 Å². The van der Waals surface area contributed by atoms with Crippen LogP contribution in [0, 0.1) is 5.82 Å². The largest absolute Gasteiger partial charge is 0.300 e. The van der Waals surface area contributed by atoms with Crippen LogP contribution < -0.4 is 10.0 Å². The topological polar surface area (TPSA) is 101 Å². The Bertz CT molecular complexity index is 809. The summed E-state index contributed by atoms with van der Waals surface area (Å²) in [6.07, 6.45) is -3.03. The number of alkyl halides is 2. The van der Waals surface area contributed by atoms with Gasteiger partial charge in [-0.3, -0.25) is 4.79 Å². The van der Waals surface area contributed by atoms with Gasteiger partial charge in [-0.15, -0.1) is 10.2 Å². The van der Waals surface area contributed by atoms with Crippen LogP contribution in [-0.4, -0.2) is 31.1 Å². The van der Waals surface area contributed by atoms with Crippen LogP contribution in [0.25, 0.3) is 0 Å². The lowest BCUT2D eigenvalue weighted by Crippen LogP contribution is -2.27. The Morgan fingerprint density at radius 3 is 2.46 bits per heavy atom. The zero-order chi connectivity index (χ0) is 17.7. The Morgan fingerprint density at radius 2 is 1.88 bits per heavy atom. The van der Waals surface area contributed by atoms with Gasteiger partial charge in [-0.1, -0.05) is 11.3 Å². The van der Waals surface area contributed by atoms with Gasteiger partial charge in [0.25, 0.3) is 6.43 Å². The van der Waals surface area contributed by atoms with E-state index in [1.165, 1.54) is 0 Å². The molecule has 2 N–H and O–H groups in total. The molecule has 0 aliphatic carbocycles. The predicted octanol–water partition coefficient (Wildman–Crippen LogP) is 1.92. The number of nitrogens with one attached hydrogen (secondary N) is 2. The van der Waals surface area contributed by atoms with Crippen LogP contribution in [0.1, 0.15) is 17.9 Å². The Morgan fingerprint density at radius 1 is 1.21 bits per heavy atom. The van der Waals surface area contributed by atoms with Gasteiger partial charge in [-0.25, -0.2) is 26.3 Å². The molecule has 1 amide bonds. The van der Waals surface area contributed by atoms with E-state index in [1.54, 1.807) is 0 Å². The van der Waals surface area contributed by atoms with E-state index in [0.29, 0.717) is 11.3 Å². The summed E-state index contributed by atoms with van der Waals surface area (Å²) in [5.74, 6) is -1.19. The zero-order valence-electron chi connectivity index (χ0n) is 11.9. The van der Waals surface area contributed by atoms with E-state index in [9.17, 15) is 26.4 Å². The normalized spacial score (nSPS) is 11.7. The van der Waals surface area contributed by atoms with Crippen LogP contribution in [0.5, 0.6) is 0 Å². The van der Waals surface area contributed by atoms with Crippen molar-refractivity contribution < 1.29 is 26.4 Å². The summed E-state index contributed by atoms with van der Waals surface area (Å²) in [5.41, 5.74) is 0. The monoisotopic (exact) mass is 380 g/mol. The second kappa shape index (κ2) is 7.68. The van der Waals surface area contributed by atoms with Crippen LogP contribution in [0.2, 0.25) is 0 Å². The number of amides is 1. The van der Waals surface area contributed by atoms with E-state index >= 15 is 0 Å². The molecule has 0 saturated carbocycles. The summed E-state index contributed by atoms with van der Waals surface area (Å²) < 4.78 is 63.4. The predicted molar refractivity (Wildman–Crippen MR) is 79.7 cm³/mol. The molecule has 0 aliphatic heterocycles. The lowest BCUT2D eigenvalue weighted by atomic mass is 10.4. The minimum Gasteiger partial charge on any atom is -0.300 e. The van der Waals surface area contributed by atoms with Gasteiger partial charge < -0.3 is 5.32 Å². The summed E-state index contributed by atoms with van der Waals surface area (Å²) in [6.45, 7) is -0.230. The summed E-state index contributed by atoms with van der Waals surface area (Å²) in [5, 5.41) is 8.18. The standard InChI is InChI=1S/C12H11F3N4O3S2/c13-7-1-3-8(4-2-7)24(21,22)16-6-5-9(20)17-12-19-18-11(23-12)10(14)15/h1-4,10,16H,5-6H2,(H,17,19,20). The van der Waals surface area contributed by atoms with Crippen molar-refractivity contribution in [2.24, 2.45) is 0 Å². The van der Waals surface area contributed by atoms with Crippen LogP contribution in [0.4, 0.5) is 18.3 Å². The Labute approximate surface area is 139 Å². The Balaban J connectivity index is 1.84. The third-order valence-electron chi connectivity index (χ3n) is 2.64. The smallest absolute Gasteiger partial charge is 0.291 e. The summed E-state index contributed by atoms with van der Waals surface area (Å²) in [7, 11) is -3.87. The molecule has 2 aromatic rings. The molecule has 0 radical (unpaired) electrons. The van der Waals surface area contributed by atoms with Crippen LogP contribution in [-0.2, 0) is 14.8 Å². The van der Waals surface area contributed by atoms with Crippen molar-refractivity contribution in [3.63, 3.8) is 0 Å². The lowest BCUT2D eigenvalue weighted by molar-refractivity contribution is -0.116. The highest BCUT2D eigenvalue weighted by molar-refractivity contribution is 7.89. The molecular formula is C12H11F3N4O3S2. The number of anilines is 1. The first-order chi connectivity index (χ1) is 11.3. The number of hydrogen-bond acceptors (Lipinski definition) is 6. The molecule has 0 bridgehead atoms. The van der Waals surface area contributed by atoms with E-state index in [1.807, 2.05) is 0 Å². The highest BCUT2D eigenvalue weighted by Gasteiger charge is 2.17. The van der Waals surface area contributed by atoms with Gasteiger partial charge in [0.1, 0.15) is 5.82 Å². The van der Waals surface area contributed by atoms with Gasteiger partial charge >= 0.3 is 0 Å². The van der Waals surface area contributed by atoms with E-state index in [4.69, 9.17) is 0 Å². The third kappa shape index (κ3) is 4.97. The fraction of sp³-hybridized carbons (Fsp3) is 0.250. The third-order valence-corrected chi connectivity index (χ3v) is 4.96. The quantitative estimate of drug-likeness (QED) is 0.764. The molecule has 1 heterocycles. The van der Waals surface area contributed by atoms with Crippen molar-refractivity contribution in [3.05, 3.63) is 35.1 Å². The van der Waals surface area contributed by atoms with E-state index < -0.39 is 33.2 Å². The molecule has 0 saturated heterocycles. The second-order valence-electron chi connectivity index (χ2n) is 4.40. The number of carbonyl (C=O) groups excluding carboxylic acids is 1. The molecule has 1 aromatic heterocycles. The van der Waals surface area contributed by atoms with Crippen molar-refractivity contribution in [1.82, 2.24) is 14.9 Å². The van der Waals surface area contributed by atoms with Gasteiger partial charge in [-0.05, 0) is 24.3 Å². The molecule has 0 atom stereocenters. The van der Waals surface area contributed by atoms with Gasteiger partial charge in [0.15, 0.2) is 5.01 Å². The second-order valence-corrected chi connectivity index (χ2v) is 7.17. The van der Waals surface area contributed by atoms with Crippen molar-refractivity contribution in [2.45, 2.75) is 17.7 Å². The van der Waals surface area contributed by atoms with Crippen LogP contribution in [0.3, 0.4) is 0 Å². The zero-order valence-corrected chi connectivity index (χ0v) is 13.5. The van der Waals surface area contributed by atoms with Crippen molar-refractivity contribution in [1.29, 1.82) is 0 Å². The van der Waals surface area contributed by atoms with Crippen molar-refractivity contribution in [3.8, 4) is 0 Å². The van der Waals surface area contributed by atoms with E-state index in [0.717, 1.165) is 24.3 Å². The molecule has 0 aliphatic rings. The average molecular weight is 380 g/mol. The molecule has 1 aromatic carbocycles. The molecule has 24 heavy (non-hydrogen) atoms. The molecular weight excluding hydrogens is 369 g/mol. The minimum absolute atomic E-state index is 0.100. The van der Waals surface area contributed by atoms with Crippen LogP contribution >= 0.6 is 11.3 Å². The van der Waals surface area contributed by atoms with Gasteiger partial charge in [0, 0.05) is 13.0 Å².